The summed E-state index contributed by atoms with van der Waals surface area (Å²) in [7, 11) is -4.19. The third kappa shape index (κ3) is 6.03. The van der Waals surface area contributed by atoms with Crippen molar-refractivity contribution in [3.63, 3.8) is 0 Å². The Kier molecular flexibility index (Phi) is 6.17. The minimum Gasteiger partial charge on any atom is -0.508 e. The maximum atomic E-state index is 11.2. The number of aliphatic hydroxyl groups is 1. The number of benzene rings is 1. The van der Waals surface area contributed by atoms with Gasteiger partial charge in [0.05, 0.1) is 0 Å². The third-order valence-electron chi connectivity index (χ3n) is 2.89. The molecule has 0 saturated heterocycles. The van der Waals surface area contributed by atoms with Crippen LogP contribution in [0.15, 0.2) is 18.2 Å². The zero-order chi connectivity index (χ0) is 15.3. The van der Waals surface area contributed by atoms with Gasteiger partial charge in [-0.25, -0.2) is 0 Å². The Morgan fingerprint density at radius 3 is 2.55 bits per heavy atom. The van der Waals surface area contributed by atoms with Gasteiger partial charge in [0.25, 0.3) is 0 Å². The molecule has 0 aliphatic heterocycles. The minimum absolute atomic E-state index is 0.0581. The second-order valence-electron chi connectivity index (χ2n) is 5.24. The van der Waals surface area contributed by atoms with Gasteiger partial charge in [-0.15, -0.1) is 0 Å². The smallest absolute Gasteiger partial charge is 0.339 e. The molecule has 1 rings (SSSR count). The Morgan fingerprint density at radius 2 is 2.00 bits per heavy atom. The predicted octanol–water partition coefficient (Wildman–Crippen LogP) is 1.27. The summed E-state index contributed by atoms with van der Waals surface area (Å²) in [5.74, 6) is -0.00327. The van der Waals surface area contributed by atoms with Crippen LogP contribution in [0.1, 0.15) is 18.1 Å². The van der Waals surface area contributed by atoms with E-state index in [4.69, 9.17) is 14.9 Å². The topological polar surface area (TPSA) is 101 Å². The van der Waals surface area contributed by atoms with Crippen molar-refractivity contribution in [1.82, 2.24) is 4.90 Å². The molecule has 1 aromatic carbocycles. The fourth-order valence-corrected chi connectivity index (χ4v) is 2.75. The maximum absolute atomic E-state index is 11.2. The molecule has 6 nitrogen and oxygen atoms in total. The van der Waals surface area contributed by atoms with Crippen LogP contribution in [-0.2, 0) is 11.1 Å². The van der Waals surface area contributed by atoms with E-state index in [-0.39, 0.29) is 24.8 Å². The van der Waals surface area contributed by atoms with Crippen LogP contribution in [0, 0.1) is 12.8 Å². The van der Waals surface area contributed by atoms with Gasteiger partial charge in [0.2, 0.25) is 0 Å². The van der Waals surface area contributed by atoms with Crippen molar-refractivity contribution < 1.29 is 24.6 Å². The lowest BCUT2D eigenvalue weighted by Gasteiger charge is -2.25. The molecule has 1 atom stereocenters. The molecule has 0 aliphatic rings. The summed E-state index contributed by atoms with van der Waals surface area (Å²) in [5, 5.41) is 18.9. The van der Waals surface area contributed by atoms with E-state index in [0.717, 1.165) is 5.56 Å². The molecule has 4 N–H and O–H groups in total. The normalized spacial score (nSPS) is 13.7. The van der Waals surface area contributed by atoms with Gasteiger partial charge < -0.3 is 20.0 Å². The monoisotopic (exact) mass is 303 g/mol. The lowest BCUT2D eigenvalue weighted by molar-refractivity contribution is 0.175. The second kappa shape index (κ2) is 7.20. The third-order valence-corrected chi connectivity index (χ3v) is 3.66. The van der Waals surface area contributed by atoms with Gasteiger partial charge in [-0.2, -0.15) is 0 Å². The van der Waals surface area contributed by atoms with Crippen molar-refractivity contribution in [1.29, 1.82) is 0 Å². The molecule has 0 aliphatic carbocycles. The summed E-state index contributed by atoms with van der Waals surface area (Å²) < 4.78 is 11.2. The number of nitrogens with zero attached hydrogens (tertiary/aromatic N) is 1. The molecule has 0 aromatic heterocycles. The minimum atomic E-state index is -4.19. The van der Waals surface area contributed by atoms with E-state index in [2.05, 4.69) is 0 Å². The fourth-order valence-electron chi connectivity index (χ4n) is 2.01. The standard InChI is InChI=1S/C13H22NO5P/c1-10-3-4-13(16)12(5-10)7-14(6-11(2)8-15)9-20(17,18)19/h3-5,11,15-16H,6-9H2,1-2H3,(H2,17,18,19). The van der Waals surface area contributed by atoms with Crippen LogP contribution < -0.4 is 0 Å². The molecule has 0 saturated carbocycles. The molecular formula is C13H22NO5P. The number of hydrogen-bond acceptors (Lipinski definition) is 4. The van der Waals surface area contributed by atoms with Gasteiger partial charge in [0, 0.05) is 25.3 Å². The Morgan fingerprint density at radius 1 is 1.35 bits per heavy atom. The molecule has 0 spiro atoms. The first-order valence-electron chi connectivity index (χ1n) is 6.37. The highest BCUT2D eigenvalue weighted by Gasteiger charge is 2.21. The van der Waals surface area contributed by atoms with Crippen molar-refractivity contribution in [2.24, 2.45) is 5.92 Å². The van der Waals surface area contributed by atoms with Crippen LogP contribution in [0.3, 0.4) is 0 Å². The lowest BCUT2D eigenvalue weighted by Crippen LogP contribution is -2.30. The van der Waals surface area contributed by atoms with Crippen LogP contribution in [0.5, 0.6) is 5.75 Å². The molecule has 7 heteroatoms. The molecule has 1 aromatic rings. The number of hydrogen-bond donors (Lipinski definition) is 4. The van der Waals surface area contributed by atoms with E-state index in [1.165, 1.54) is 0 Å². The molecule has 20 heavy (non-hydrogen) atoms. The summed E-state index contributed by atoms with van der Waals surface area (Å²) in [6, 6.07) is 5.12. The van der Waals surface area contributed by atoms with Crippen molar-refractivity contribution >= 4 is 7.60 Å². The number of rotatable bonds is 7. The van der Waals surface area contributed by atoms with E-state index in [1.54, 1.807) is 30.0 Å². The lowest BCUT2D eigenvalue weighted by atomic mass is 10.1. The molecule has 1 unspecified atom stereocenters. The van der Waals surface area contributed by atoms with Gasteiger partial charge in [-0.3, -0.25) is 9.46 Å². The Bertz CT molecular complexity index is 488. The van der Waals surface area contributed by atoms with Crippen LogP contribution in [0.2, 0.25) is 0 Å². The average Bonchev–Trinajstić information content (AvgIpc) is 2.31. The van der Waals surface area contributed by atoms with Crippen molar-refractivity contribution in [2.45, 2.75) is 20.4 Å². The molecular weight excluding hydrogens is 281 g/mol. The Hall–Kier alpha value is -0.910. The number of aliphatic hydroxyl groups excluding tert-OH is 1. The summed E-state index contributed by atoms with van der Waals surface area (Å²) in [5.41, 5.74) is 1.58. The van der Waals surface area contributed by atoms with Gasteiger partial charge >= 0.3 is 7.60 Å². The SMILES string of the molecule is Cc1ccc(O)c(CN(CC(C)CO)CP(=O)(O)O)c1. The molecule has 0 fully saturated rings. The van der Waals surface area contributed by atoms with Gasteiger partial charge in [-0.05, 0) is 18.9 Å². The number of phenols is 1. The largest absolute Gasteiger partial charge is 0.508 e. The molecule has 0 heterocycles. The van der Waals surface area contributed by atoms with E-state index in [0.29, 0.717) is 12.1 Å². The Labute approximate surface area is 118 Å². The van der Waals surface area contributed by atoms with Crippen LogP contribution in [0.4, 0.5) is 0 Å². The summed E-state index contributed by atoms with van der Waals surface area (Å²) in [6.07, 6.45) is -0.398. The van der Waals surface area contributed by atoms with E-state index < -0.39 is 13.9 Å². The van der Waals surface area contributed by atoms with E-state index in [1.807, 2.05) is 6.92 Å². The first-order chi connectivity index (χ1) is 9.21. The predicted molar refractivity (Wildman–Crippen MR) is 76.4 cm³/mol. The average molecular weight is 303 g/mol. The summed E-state index contributed by atoms with van der Waals surface area (Å²) in [6.45, 7) is 4.19. The van der Waals surface area contributed by atoms with Crippen LogP contribution >= 0.6 is 7.60 Å². The van der Waals surface area contributed by atoms with E-state index in [9.17, 15) is 9.67 Å². The quantitative estimate of drug-likeness (QED) is 0.566. The molecule has 0 amide bonds. The zero-order valence-corrected chi connectivity index (χ0v) is 12.6. The highest BCUT2D eigenvalue weighted by Crippen LogP contribution is 2.36. The zero-order valence-electron chi connectivity index (χ0n) is 11.7. The number of phenolic OH excluding ortho intramolecular Hbond substituents is 1. The highest BCUT2D eigenvalue weighted by atomic mass is 31.2. The van der Waals surface area contributed by atoms with Gasteiger partial charge in [0.1, 0.15) is 12.0 Å². The summed E-state index contributed by atoms with van der Waals surface area (Å²) in [4.78, 5) is 19.8. The van der Waals surface area contributed by atoms with Gasteiger partial charge in [-0.1, -0.05) is 24.6 Å². The molecule has 0 bridgehead atoms. The second-order valence-corrected chi connectivity index (χ2v) is 6.85. The van der Waals surface area contributed by atoms with Crippen molar-refractivity contribution in [3.8, 4) is 5.75 Å². The first-order valence-corrected chi connectivity index (χ1v) is 8.17. The highest BCUT2D eigenvalue weighted by molar-refractivity contribution is 7.51. The Balaban J connectivity index is 2.87. The number of aromatic hydroxyl groups is 1. The van der Waals surface area contributed by atoms with Crippen molar-refractivity contribution in [2.75, 3.05) is 19.4 Å². The van der Waals surface area contributed by atoms with Crippen LogP contribution in [0.25, 0.3) is 0 Å². The van der Waals surface area contributed by atoms with Crippen LogP contribution in [-0.4, -0.2) is 44.3 Å². The number of aryl methyl sites for hydroxylation is 1. The van der Waals surface area contributed by atoms with E-state index >= 15 is 0 Å². The van der Waals surface area contributed by atoms with Crippen molar-refractivity contribution in [3.05, 3.63) is 29.3 Å². The fraction of sp³-hybridized carbons (Fsp3) is 0.538. The molecule has 114 valence electrons. The van der Waals surface area contributed by atoms with Gasteiger partial charge in [0.15, 0.2) is 0 Å². The summed E-state index contributed by atoms with van der Waals surface area (Å²) >= 11 is 0. The molecule has 0 radical (unpaired) electrons. The maximum Gasteiger partial charge on any atom is 0.339 e. The first kappa shape index (κ1) is 17.1.